The van der Waals surface area contributed by atoms with Crippen LogP contribution in [0.15, 0.2) is 60.3 Å². The van der Waals surface area contributed by atoms with E-state index in [0.717, 1.165) is 48.2 Å². The topological polar surface area (TPSA) is 87.9 Å². The second-order valence-corrected chi connectivity index (χ2v) is 9.15. The molecule has 1 aliphatic heterocycles. The van der Waals surface area contributed by atoms with Crippen molar-refractivity contribution in [3.05, 3.63) is 88.5 Å². The van der Waals surface area contributed by atoms with Gasteiger partial charge in [-0.05, 0) is 72.7 Å². The zero-order valence-electron chi connectivity index (χ0n) is 17.9. The van der Waals surface area contributed by atoms with Gasteiger partial charge in [0.05, 0.1) is 17.6 Å². The zero-order chi connectivity index (χ0) is 22.8. The third kappa shape index (κ3) is 2.99. The number of hydrogen-bond acceptors (Lipinski definition) is 4. The summed E-state index contributed by atoms with van der Waals surface area (Å²) in [5, 5.41) is 23.9. The number of carboxylic acid groups (broad SMARTS) is 1. The highest BCUT2D eigenvalue weighted by molar-refractivity contribution is 5.74. The lowest BCUT2D eigenvalue weighted by molar-refractivity contribution is -0.147. The molecular weight excluding hydrogens is 423 g/mol. The quantitative estimate of drug-likeness (QED) is 0.559. The predicted octanol–water partition coefficient (Wildman–Crippen LogP) is 4.00. The van der Waals surface area contributed by atoms with Crippen LogP contribution in [0.1, 0.15) is 47.8 Å². The number of carbonyl (C=O) groups is 1. The van der Waals surface area contributed by atoms with E-state index in [1.54, 1.807) is 24.3 Å². The van der Waals surface area contributed by atoms with Gasteiger partial charge >= 0.3 is 5.97 Å². The van der Waals surface area contributed by atoms with Crippen LogP contribution in [-0.4, -0.2) is 37.2 Å². The number of nitrogens with zero attached hydrogens (tertiary/aromatic N) is 2. The molecule has 33 heavy (non-hydrogen) atoms. The van der Waals surface area contributed by atoms with E-state index in [0.29, 0.717) is 12.0 Å². The average molecular weight is 446 g/mol. The number of ether oxygens (including phenoxy) is 1. The Bertz CT molecular complexity index is 1300. The van der Waals surface area contributed by atoms with Crippen LogP contribution in [0.3, 0.4) is 0 Å². The summed E-state index contributed by atoms with van der Waals surface area (Å²) in [6, 6.07) is 13.5. The molecule has 3 unspecified atom stereocenters. The zero-order valence-corrected chi connectivity index (χ0v) is 17.9. The Morgan fingerprint density at radius 1 is 1.21 bits per heavy atom. The van der Waals surface area contributed by atoms with Crippen LogP contribution < -0.4 is 0 Å². The normalized spacial score (nSPS) is 25.6. The van der Waals surface area contributed by atoms with Crippen molar-refractivity contribution in [2.24, 2.45) is 0 Å². The van der Waals surface area contributed by atoms with Crippen molar-refractivity contribution < 1.29 is 24.1 Å². The van der Waals surface area contributed by atoms with Gasteiger partial charge in [-0.15, -0.1) is 0 Å². The third-order valence-corrected chi connectivity index (χ3v) is 7.47. The lowest BCUT2D eigenvalue weighted by Gasteiger charge is -2.20. The van der Waals surface area contributed by atoms with Crippen LogP contribution >= 0.6 is 0 Å². The van der Waals surface area contributed by atoms with E-state index in [1.807, 2.05) is 23.0 Å². The molecular formula is C26H23FN2O4. The van der Waals surface area contributed by atoms with Crippen LogP contribution in [0, 0.1) is 5.82 Å². The molecule has 2 aromatic carbocycles. The average Bonchev–Trinajstić information content (AvgIpc) is 3.09. The Hall–Kier alpha value is -3.29. The van der Waals surface area contributed by atoms with Crippen LogP contribution in [0.5, 0.6) is 0 Å². The summed E-state index contributed by atoms with van der Waals surface area (Å²) >= 11 is 0. The number of aliphatic carboxylic acids is 1. The molecule has 6 rings (SSSR count). The maximum atomic E-state index is 13.3. The Labute approximate surface area is 189 Å². The summed E-state index contributed by atoms with van der Waals surface area (Å²) in [4.78, 5) is 11.3. The van der Waals surface area contributed by atoms with Crippen molar-refractivity contribution in [3.63, 3.8) is 0 Å². The molecule has 3 aliphatic rings. The van der Waals surface area contributed by atoms with E-state index >= 15 is 0 Å². The van der Waals surface area contributed by atoms with Gasteiger partial charge in [-0.1, -0.05) is 24.3 Å². The first-order chi connectivity index (χ1) is 15.9. The van der Waals surface area contributed by atoms with Gasteiger partial charge in [0.2, 0.25) is 0 Å². The summed E-state index contributed by atoms with van der Waals surface area (Å²) in [6.45, 7) is 0. The molecule has 7 heteroatoms. The maximum Gasteiger partial charge on any atom is 0.337 e. The minimum Gasteiger partial charge on any atom is -0.479 e. The molecule has 3 atom stereocenters. The van der Waals surface area contributed by atoms with E-state index in [1.165, 1.54) is 17.7 Å². The van der Waals surface area contributed by atoms with Crippen molar-refractivity contribution in [3.8, 4) is 5.69 Å². The van der Waals surface area contributed by atoms with E-state index in [9.17, 15) is 19.4 Å². The summed E-state index contributed by atoms with van der Waals surface area (Å²) < 4.78 is 21.6. The van der Waals surface area contributed by atoms with Gasteiger partial charge in [0.25, 0.3) is 0 Å². The molecule has 2 fully saturated rings. The number of rotatable bonds is 6. The Kier molecular flexibility index (Phi) is 4.38. The smallest absolute Gasteiger partial charge is 0.337 e. The molecule has 1 saturated carbocycles. The first-order valence-corrected chi connectivity index (χ1v) is 11.2. The largest absolute Gasteiger partial charge is 0.479 e. The van der Waals surface area contributed by atoms with Gasteiger partial charge in [-0.3, -0.25) is 0 Å². The summed E-state index contributed by atoms with van der Waals surface area (Å²) in [5.41, 5.74) is 4.89. The molecule has 0 amide bonds. The highest BCUT2D eigenvalue weighted by Gasteiger charge is 2.74. The number of carboxylic acids is 1. The van der Waals surface area contributed by atoms with Gasteiger partial charge in [0.1, 0.15) is 17.0 Å². The second kappa shape index (κ2) is 7.10. The fraction of sp³-hybridized carbons (Fsp3) is 0.308. The molecule has 0 bridgehead atoms. The van der Waals surface area contributed by atoms with Gasteiger partial charge in [-0.25, -0.2) is 13.9 Å². The van der Waals surface area contributed by atoms with Crippen molar-refractivity contribution in [1.82, 2.24) is 9.78 Å². The van der Waals surface area contributed by atoms with Gasteiger partial charge in [0.15, 0.2) is 6.10 Å². The number of halogens is 1. The molecule has 6 nitrogen and oxygen atoms in total. The highest BCUT2D eigenvalue weighted by atomic mass is 19.1. The number of aliphatic hydroxyl groups is 1. The standard InChI is InChI=1S/C26H23FN2O4/c27-19-5-7-20(8-6-19)29-22-13-18-10-12-25(26(18,33-25)14-17(22)15-28-29)11-9-16-3-1-2-4-21(16)23(30)24(31)32/h1-8,13,15,23,30H,9-12,14H2,(H,31,32). The minimum atomic E-state index is -1.53. The van der Waals surface area contributed by atoms with Crippen LogP contribution in [0.4, 0.5) is 4.39 Å². The SMILES string of the molecule is O=C(O)C(O)c1ccccc1CCC12CCC3=Cc4c(cnn4-c4ccc(F)cc4)CC31O2. The van der Waals surface area contributed by atoms with E-state index in [-0.39, 0.29) is 17.0 Å². The Morgan fingerprint density at radius 2 is 2.00 bits per heavy atom. The third-order valence-electron chi connectivity index (χ3n) is 7.47. The summed E-state index contributed by atoms with van der Waals surface area (Å²) in [5.74, 6) is -1.52. The van der Waals surface area contributed by atoms with Crippen LogP contribution in [0.25, 0.3) is 11.8 Å². The number of fused-ring (bicyclic) bond motifs is 1. The predicted molar refractivity (Wildman–Crippen MR) is 118 cm³/mol. The van der Waals surface area contributed by atoms with Crippen molar-refractivity contribution in [2.45, 2.75) is 49.4 Å². The van der Waals surface area contributed by atoms with E-state index in [4.69, 9.17) is 4.74 Å². The second-order valence-electron chi connectivity index (χ2n) is 9.15. The lowest BCUT2D eigenvalue weighted by atomic mass is 9.80. The first-order valence-electron chi connectivity index (χ1n) is 11.2. The molecule has 2 heterocycles. The monoisotopic (exact) mass is 446 g/mol. The Balaban J connectivity index is 1.25. The maximum absolute atomic E-state index is 13.3. The highest BCUT2D eigenvalue weighted by Crippen LogP contribution is 2.67. The minimum absolute atomic E-state index is 0.268. The van der Waals surface area contributed by atoms with Crippen LogP contribution in [0.2, 0.25) is 0 Å². The molecule has 0 radical (unpaired) electrons. The number of aromatic nitrogens is 2. The molecule has 168 valence electrons. The molecule has 2 aliphatic carbocycles. The molecule has 1 spiro atoms. The van der Waals surface area contributed by atoms with Gasteiger partial charge < -0.3 is 14.9 Å². The van der Waals surface area contributed by atoms with Crippen LogP contribution in [-0.2, 0) is 22.4 Å². The number of aliphatic hydroxyl groups excluding tert-OH is 1. The summed E-state index contributed by atoms with van der Waals surface area (Å²) in [7, 11) is 0. The Morgan fingerprint density at radius 3 is 2.79 bits per heavy atom. The number of hydrogen-bond donors (Lipinski definition) is 2. The van der Waals surface area contributed by atoms with E-state index in [2.05, 4.69) is 11.2 Å². The van der Waals surface area contributed by atoms with Crippen molar-refractivity contribution in [2.75, 3.05) is 0 Å². The first kappa shape index (κ1) is 20.3. The molecule has 2 N–H and O–H groups in total. The molecule has 3 aromatic rings. The number of aryl methyl sites for hydroxylation is 1. The number of benzene rings is 2. The number of epoxide rings is 1. The fourth-order valence-corrected chi connectivity index (χ4v) is 5.74. The van der Waals surface area contributed by atoms with Gasteiger partial charge in [-0.2, -0.15) is 5.10 Å². The summed E-state index contributed by atoms with van der Waals surface area (Å²) in [6.07, 6.45) is 6.50. The molecule has 1 saturated heterocycles. The van der Waals surface area contributed by atoms with E-state index < -0.39 is 12.1 Å². The van der Waals surface area contributed by atoms with Gasteiger partial charge in [0, 0.05) is 12.0 Å². The fourth-order valence-electron chi connectivity index (χ4n) is 5.74. The van der Waals surface area contributed by atoms with Crippen molar-refractivity contribution in [1.29, 1.82) is 0 Å². The molecule has 1 aromatic heterocycles. The van der Waals surface area contributed by atoms with Crippen molar-refractivity contribution >= 4 is 12.0 Å². The lowest BCUT2D eigenvalue weighted by Crippen LogP contribution is -2.27.